The van der Waals surface area contributed by atoms with Crippen molar-refractivity contribution in [2.24, 2.45) is 28.6 Å². The number of ketones is 1. The van der Waals surface area contributed by atoms with Gasteiger partial charge in [-0.2, -0.15) is 0 Å². The fourth-order valence-electron chi connectivity index (χ4n) is 7.40. The molecule has 0 radical (unpaired) electrons. The molecule has 30 heavy (non-hydrogen) atoms. The molecule has 3 fully saturated rings. The van der Waals surface area contributed by atoms with E-state index in [0.717, 1.165) is 56.2 Å². The number of hydrogen-bond acceptors (Lipinski definition) is 3. The number of fused-ring (bicyclic) bond motifs is 5. The molecular weight excluding hydrogens is 370 g/mol. The molecule has 1 aromatic rings. The molecule has 0 aromatic heterocycles. The van der Waals surface area contributed by atoms with Gasteiger partial charge in [0.05, 0.1) is 6.10 Å². The average Bonchev–Trinajstić information content (AvgIpc) is 3.00. The fourth-order valence-corrected chi connectivity index (χ4v) is 7.40. The predicted octanol–water partition coefficient (Wildman–Crippen LogP) is 5.51. The number of hydrogen-bond donors (Lipinski definition) is 1. The number of allylic oxidation sites excluding steroid dienone is 2. The van der Waals surface area contributed by atoms with Gasteiger partial charge in [-0.25, -0.2) is 0 Å². The van der Waals surface area contributed by atoms with Gasteiger partial charge in [-0.05, 0) is 80.2 Å². The third-order valence-electron chi connectivity index (χ3n) is 9.23. The second kappa shape index (κ2) is 7.09. The lowest BCUT2D eigenvalue weighted by atomic mass is 9.48. The first-order valence-corrected chi connectivity index (χ1v) is 11.7. The first-order valence-electron chi connectivity index (χ1n) is 11.7. The SMILES string of the molecule is CN(/C=C1/C[C@H]2[C@@H]3CC=C4C[C@H](O)CC[C@]4(C)[C@H]3CC[C@]2(C)C1=O)c1ccccc1. The van der Waals surface area contributed by atoms with E-state index in [0.29, 0.717) is 23.5 Å². The lowest BCUT2D eigenvalue weighted by molar-refractivity contribution is -0.130. The number of benzene rings is 1. The van der Waals surface area contributed by atoms with Gasteiger partial charge in [-0.1, -0.05) is 43.7 Å². The van der Waals surface area contributed by atoms with Gasteiger partial charge < -0.3 is 10.0 Å². The van der Waals surface area contributed by atoms with Crippen LogP contribution in [0.3, 0.4) is 0 Å². The molecule has 0 aliphatic heterocycles. The van der Waals surface area contributed by atoms with Crippen molar-refractivity contribution < 1.29 is 9.90 Å². The van der Waals surface area contributed by atoms with Gasteiger partial charge in [-0.3, -0.25) is 4.79 Å². The highest BCUT2D eigenvalue weighted by Crippen LogP contribution is 2.64. The summed E-state index contributed by atoms with van der Waals surface area (Å²) in [7, 11) is 2.05. The van der Waals surface area contributed by atoms with Gasteiger partial charge in [0, 0.05) is 29.9 Å². The Labute approximate surface area is 180 Å². The van der Waals surface area contributed by atoms with Crippen molar-refractivity contribution in [3.05, 3.63) is 53.8 Å². The van der Waals surface area contributed by atoms with Crippen LogP contribution in [0.15, 0.2) is 53.8 Å². The molecule has 0 spiro atoms. The minimum atomic E-state index is -0.208. The van der Waals surface area contributed by atoms with Crippen molar-refractivity contribution >= 4 is 11.5 Å². The largest absolute Gasteiger partial charge is 0.393 e. The Hall–Kier alpha value is -1.87. The highest BCUT2D eigenvalue weighted by Gasteiger charge is 2.59. The zero-order valence-electron chi connectivity index (χ0n) is 18.6. The summed E-state index contributed by atoms with van der Waals surface area (Å²) in [5, 5.41) is 10.2. The molecule has 0 amide bonds. The Bertz CT molecular complexity index is 903. The lowest BCUT2D eigenvalue weighted by Crippen LogP contribution is -2.50. The monoisotopic (exact) mass is 405 g/mol. The second-order valence-corrected chi connectivity index (χ2v) is 10.7. The molecule has 0 unspecified atom stereocenters. The average molecular weight is 406 g/mol. The Morgan fingerprint density at radius 2 is 1.77 bits per heavy atom. The Morgan fingerprint density at radius 1 is 1.03 bits per heavy atom. The van der Waals surface area contributed by atoms with Crippen LogP contribution in [-0.2, 0) is 4.79 Å². The maximum Gasteiger partial charge on any atom is 0.166 e. The molecule has 3 nitrogen and oxygen atoms in total. The number of nitrogens with zero attached hydrogens (tertiary/aromatic N) is 1. The molecule has 3 saturated carbocycles. The predicted molar refractivity (Wildman–Crippen MR) is 121 cm³/mol. The van der Waals surface area contributed by atoms with E-state index < -0.39 is 0 Å². The summed E-state index contributed by atoms with van der Waals surface area (Å²) in [5.74, 6) is 2.07. The first kappa shape index (κ1) is 20.1. The van der Waals surface area contributed by atoms with Gasteiger partial charge in [0.1, 0.15) is 0 Å². The summed E-state index contributed by atoms with van der Waals surface area (Å²) in [5.41, 5.74) is 3.64. The second-order valence-electron chi connectivity index (χ2n) is 10.7. The Kier molecular flexibility index (Phi) is 4.74. The number of carbonyl (C=O) groups is 1. The molecule has 0 bridgehead atoms. The van der Waals surface area contributed by atoms with Gasteiger partial charge in [0.15, 0.2) is 5.78 Å². The molecule has 0 heterocycles. The molecule has 6 atom stereocenters. The van der Waals surface area contributed by atoms with Crippen LogP contribution in [0, 0.1) is 28.6 Å². The molecule has 3 heteroatoms. The molecule has 0 saturated heterocycles. The van der Waals surface area contributed by atoms with E-state index in [9.17, 15) is 9.90 Å². The highest BCUT2D eigenvalue weighted by atomic mass is 16.3. The number of Topliss-reactive ketones (excluding diaryl/α,β-unsaturated/α-hetero) is 1. The van der Waals surface area contributed by atoms with Gasteiger partial charge in [-0.15, -0.1) is 0 Å². The van der Waals surface area contributed by atoms with Gasteiger partial charge in [0.2, 0.25) is 0 Å². The van der Waals surface area contributed by atoms with E-state index in [1.54, 1.807) is 0 Å². The smallest absolute Gasteiger partial charge is 0.166 e. The topological polar surface area (TPSA) is 40.5 Å². The van der Waals surface area contributed by atoms with Crippen LogP contribution >= 0.6 is 0 Å². The number of carbonyl (C=O) groups excluding carboxylic acids is 1. The normalized spacial score (nSPS) is 41.7. The number of aliphatic hydroxyl groups excluding tert-OH is 1. The van der Waals surface area contributed by atoms with E-state index in [2.05, 4.69) is 43.2 Å². The number of anilines is 1. The molecule has 4 aliphatic carbocycles. The van der Waals surface area contributed by atoms with E-state index in [4.69, 9.17) is 0 Å². The quantitative estimate of drug-likeness (QED) is 0.521. The number of para-hydroxylation sites is 1. The lowest BCUT2D eigenvalue weighted by Gasteiger charge is -2.56. The van der Waals surface area contributed by atoms with Crippen molar-refractivity contribution in [1.82, 2.24) is 0 Å². The fraction of sp³-hybridized carbons (Fsp3) is 0.593. The molecule has 4 aliphatic rings. The van der Waals surface area contributed by atoms with Gasteiger partial charge in [0.25, 0.3) is 0 Å². The molecule has 5 rings (SSSR count). The third kappa shape index (κ3) is 2.92. The highest BCUT2D eigenvalue weighted by molar-refractivity contribution is 6.02. The minimum Gasteiger partial charge on any atom is -0.393 e. The van der Waals surface area contributed by atoms with Crippen molar-refractivity contribution in [3.8, 4) is 0 Å². The zero-order chi connectivity index (χ0) is 21.1. The van der Waals surface area contributed by atoms with Crippen molar-refractivity contribution in [2.45, 2.75) is 64.9 Å². The van der Waals surface area contributed by atoms with Crippen LogP contribution in [0.5, 0.6) is 0 Å². The standard InChI is InChI=1S/C27H35NO2/c1-26-13-11-21(29)16-19(26)9-10-22-23(26)12-14-27(2)24(22)15-18(25(27)30)17-28(3)20-7-5-4-6-8-20/h4-9,17,21-24,29H,10-16H2,1-3H3/b18-17-/t21-,22-,23+,24+,26+,27+/m1/s1. The molecule has 160 valence electrons. The van der Waals surface area contributed by atoms with Crippen molar-refractivity contribution in [1.29, 1.82) is 0 Å². The zero-order valence-corrected chi connectivity index (χ0v) is 18.6. The van der Waals surface area contributed by atoms with Crippen LogP contribution in [0.2, 0.25) is 0 Å². The first-order chi connectivity index (χ1) is 14.3. The van der Waals surface area contributed by atoms with Crippen molar-refractivity contribution in [2.75, 3.05) is 11.9 Å². The Balaban J connectivity index is 1.44. The number of aliphatic hydroxyl groups is 1. The van der Waals surface area contributed by atoms with Crippen LogP contribution in [0.25, 0.3) is 0 Å². The van der Waals surface area contributed by atoms with Crippen LogP contribution in [0.1, 0.15) is 58.8 Å². The molecular formula is C27H35NO2. The van der Waals surface area contributed by atoms with Gasteiger partial charge >= 0.3 is 0 Å². The maximum atomic E-state index is 13.6. The van der Waals surface area contributed by atoms with Crippen molar-refractivity contribution in [3.63, 3.8) is 0 Å². The summed E-state index contributed by atoms with van der Waals surface area (Å²) in [6, 6.07) is 10.3. The third-order valence-corrected chi connectivity index (χ3v) is 9.23. The van der Waals surface area contributed by atoms with Crippen LogP contribution in [-0.4, -0.2) is 24.0 Å². The van der Waals surface area contributed by atoms with Crippen LogP contribution in [0.4, 0.5) is 5.69 Å². The van der Waals surface area contributed by atoms with E-state index in [1.165, 1.54) is 5.57 Å². The van der Waals surface area contributed by atoms with Crippen LogP contribution < -0.4 is 4.90 Å². The Morgan fingerprint density at radius 3 is 2.53 bits per heavy atom. The number of rotatable bonds is 2. The van der Waals surface area contributed by atoms with E-state index >= 15 is 0 Å². The van der Waals surface area contributed by atoms with E-state index in [-0.39, 0.29) is 16.9 Å². The molecule has 1 aromatic carbocycles. The summed E-state index contributed by atoms with van der Waals surface area (Å²) in [6.45, 7) is 4.69. The maximum absolute atomic E-state index is 13.6. The molecule has 1 N–H and O–H groups in total. The van der Waals surface area contributed by atoms with E-state index in [1.807, 2.05) is 25.2 Å². The summed E-state index contributed by atoms with van der Waals surface area (Å²) in [6.07, 6.45) is 11.4. The summed E-state index contributed by atoms with van der Waals surface area (Å²) >= 11 is 0. The minimum absolute atomic E-state index is 0.161. The summed E-state index contributed by atoms with van der Waals surface area (Å²) < 4.78 is 0. The summed E-state index contributed by atoms with van der Waals surface area (Å²) in [4.78, 5) is 15.7.